The van der Waals surface area contributed by atoms with Gasteiger partial charge in [-0.15, -0.1) is 0 Å². The molecule has 0 aliphatic carbocycles. The van der Waals surface area contributed by atoms with E-state index in [9.17, 15) is 0 Å². The molecule has 0 N–H and O–H groups in total. The van der Waals surface area contributed by atoms with Crippen molar-refractivity contribution in [1.82, 2.24) is 0 Å². The van der Waals surface area contributed by atoms with E-state index >= 15 is 0 Å². The summed E-state index contributed by atoms with van der Waals surface area (Å²) in [5.74, 6) is 0. The molecule has 196 valence electrons. The molecule has 1 aliphatic rings. The topological polar surface area (TPSA) is 67.9 Å². The minimum Gasteiger partial charge on any atom is -0.436 e. The molecule has 0 bridgehead atoms. The molecule has 7 nitrogen and oxygen atoms in total. The molecule has 0 saturated carbocycles. The molecule has 1 aliphatic heterocycles. The van der Waals surface area contributed by atoms with Gasteiger partial charge in [0.2, 0.25) is 0 Å². The van der Waals surface area contributed by atoms with Crippen LogP contribution in [0.25, 0.3) is 0 Å². The Kier molecular flexibility index (Phi) is 20.1. The molecule has 1 rings (SSSR count). The fourth-order valence-corrected chi connectivity index (χ4v) is 13.3. The van der Waals surface area contributed by atoms with E-state index in [0.717, 1.165) is 38.7 Å². The summed E-state index contributed by atoms with van der Waals surface area (Å²) >= 11 is 0. The van der Waals surface area contributed by atoms with Crippen LogP contribution in [-0.4, -0.2) is 79.0 Å². The van der Waals surface area contributed by atoms with E-state index in [4.69, 9.17) is 31.3 Å². The normalized spacial score (nSPS) is 16.2. The summed E-state index contributed by atoms with van der Waals surface area (Å²) in [4.78, 5) is 0. The van der Waals surface area contributed by atoms with Gasteiger partial charge in [-0.05, 0) is 52.5 Å². The quantitative estimate of drug-likeness (QED) is 0.155. The summed E-state index contributed by atoms with van der Waals surface area (Å²) in [6.45, 7) is 22.0. The zero-order chi connectivity index (χ0) is 25.3. The van der Waals surface area contributed by atoms with Gasteiger partial charge in [-0.1, -0.05) is 33.6 Å². The summed E-state index contributed by atoms with van der Waals surface area (Å²) < 4.78 is 37.7. The molecule has 0 aromatic rings. The molecule has 0 spiro atoms. The third-order valence-corrected chi connectivity index (χ3v) is 14.3. The SMILES string of the molecule is CCCOCC1CO1.CCC[Si](C)(C)O[Si](C)(C)OC(C)C.CCC[Si](OC)(OC)OC. The van der Waals surface area contributed by atoms with E-state index < -0.39 is 25.7 Å². The zero-order valence-corrected chi connectivity index (χ0v) is 26.2. The summed E-state index contributed by atoms with van der Waals surface area (Å²) in [7, 11) is -0.662. The Morgan fingerprint density at radius 3 is 1.66 bits per heavy atom. The second-order valence-electron chi connectivity index (χ2n) is 9.25. The Labute approximate surface area is 202 Å². The van der Waals surface area contributed by atoms with Gasteiger partial charge in [0.25, 0.3) is 0 Å². The Bertz CT molecular complexity index is 421. The van der Waals surface area contributed by atoms with E-state index in [1.165, 1.54) is 12.5 Å². The van der Waals surface area contributed by atoms with Gasteiger partial charge in [-0.25, -0.2) is 0 Å². The standard InChI is InChI=1S/C10H26O2Si2.C6H16O3Si.C6H12O2/c1-8-9-13(4,5)12-14(6,7)11-10(2)3;1-5-6-10(7-2,8-3)9-4;1-2-3-7-4-6-5-8-6/h10H,8-9H2,1-7H3;5-6H2,1-4H3;6H,2-5H2,1H3. The van der Waals surface area contributed by atoms with Crippen LogP contribution in [0.2, 0.25) is 38.3 Å². The monoisotopic (exact) mass is 514 g/mol. The zero-order valence-electron chi connectivity index (χ0n) is 23.2. The van der Waals surface area contributed by atoms with Gasteiger partial charge in [-0.3, -0.25) is 0 Å². The van der Waals surface area contributed by atoms with Gasteiger partial charge in [0.05, 0.1) is 13.2 Å². The Hall–Kier alpha value is 0.371. The molecule has 1 atom stereocenters. The molecule has 1 unspecified atom stereocenters. The van der Waals surface area contributed by atoms with E-state index in [1.807, 2.05) is 0 Å². The van der Waals surface area contributed by atoms with Crippen LogP contribution in [0.4, 0.5) is 0 Å². The molecule has 0 radical (unpaired) electrons. The molecule has 1 fully saturated rings. The lowest BCUT2D eigenvalue weighted by atomic mass is 10.5. The predicted octanol–water partition coefficient (Wildman–Crippen LogP) is 5.83. The summed E-state index contributed by atoms with van der Waals surface area (Å²) in [6, 6.07) is 2.11. The van der Waals surface area contributed by atoms with Crippen molar-refractivity contribution in [2.45, 2.75) is 104 Å². The van der Waals surface area contributed by atoms with Crippen LogP contribution in [0.1, 0.15) is 53.9 Å². The first kappa shape index (κ1) is 34.5. The molecular weight excluding hydrogens is 460 g/mol. The lowest BCUT2D eigenvalue weighted by Gasteiger charge is -2.34. The average molecular weight is 515 g/mol. The van der Waals surface area contributed by atoms with Crippen LogP contribution < -0.4 is 0 Å². The number of hydrogen-bond donors (Lipinski definition) is 0. The smallest absolute Gasteiger partial charge is 0.436 e. The Morgan fingerprint density at radius 1 is 0.844 bits per heavy atom. The van der Waals surface area contributed by atoms with Crippen molar-refractivity contribution < 1.29 is 31.3 Å². The maximum Gasteiger partial charge on any atom is 0.500 e. The molecular formula is C22H54O7Si3. The van der Waals surface area contributed by atoms with E-state index in [-0.39, 0.29) is 6.10 Å². The molecule has 0 aromatic carbocycles. The van der Waals surface area contributed by atoms with Gasteiger partial charge in [-0.2, -0.15) is 0 Å². The van der Waals surface area contributed by atoms with Crippen molar-refractivity contribution in [2.75, 3.05) is 41.2 Å². The van der Waals surface area contributed by atoms with Gasteiger partial charge in [0.1, 0.15) is 6.10 Å². The van der Waals surface area contributed by atoms with Crippen molar-refractivity contribution in [3.05, 3.63) is 0 Å². The summed E-state index contributed by atoms with van der Waals surface area (Å²) in [5.41, 5.74) is 0. The van der Waals surface area contributed by atoms with Crippen LogP contribution in [0, 0.1) is 0 Å². The van der Waals surface area contributed by atoms with Gasteiger partial charge >= 0.3 is 17.4 Å². The highest BCUT2D eigenvalue weighted by Crippen LogP contribution is 2.21. The van der Waals surface area contributed by atoms with Crippen LogP contribution >= 0.6 is 0 Å². The molecule has 1 saturated heterocycles. The number of ether oxygens (including phenoxy) is 2. The summed E-state index contributed by atoms with van der Waals surface area (Å²) in [5, 5.41) is 0. The maximum atomic E-state index is 6.23. The first-order valence-corrected chi connectivity index (χ1v) is 20.0. The van der Waals surface area contributed by atoms with Gasteiger partial charge < -0.3 is 31.3 Å². The van der Waals surface area contributed by atoms with Gasteiger partial charge in [0, 0.05) is 40.1 Å². The van der Waals surface area contributed by atoms with E-state index in [0.29, 0.717) is 6.10 Å². The van der Waals surface area contributed by atoms with Crippen LogP contribution in [0.15, 0.2) is 0 Å². The summed E-state index contributed by atoms with van der Waals surface area (Å²) in [6.07, 6.45) is 4.06. The molecule has 0 aromatic heterocycles. The van der Waals surface area contributed by atoms with E-state index in [2.05, 4.69) is 60.8 Å². The first-order chi connectivity index (χ1) is 14.9. The highest BCUT2D eigenvalue weighted by molar-refractivity contribution is 6.82. The van der Waals surface area contributed by atoms with Crippen molar-refractivity contribution in [3.63, 3.8) is 0 Å². The third kappa shape index (κ3) is 19.8. The van der Waals surface area contributed by atoms with Crippen LogP contribution in [0.3, 0.4) is 0 Å². The number of rotatable bonds is 15. The molecule has 1 heterocycles. The first-order valence-electron chi connectivity index (χ1n) is 12.1. The van der Waals surface area contributed by atoms with Crippen molar-refractivity contribution in [3.8, 4) is 0 Å². The minimum absolute atomic E-state index is 0.281. The highest BCUT2D eigenvalue weighted by atomic mass is 28.4. The largest absolute Gasteiger partial charge is 0.500 e. The van der Waals surface area contributed by atoms with Crippen molar-refractivity contribution in [2.24, 2.45) is 0 Å². The molecule has 0 amide bonds. The number of hydrogen-bond acceptors (Lipinski definition) is 7. The lowest BCUT2D eigenvalue weighted by Crippen LogP contribution is -2.47. The van der Waals surface area contributed by atoms with Crippen molar-refractivity contribution >= 4 is 25.7 Å². The highest BCUT2D eigenvalue weighted by Gasteiger charge is 2.36. The molecule has 10 heteroatoms. The predicted molar refractivity (Wildman–Crippen MR) is 140 cm³/mol. The Balaban J connectivity index is 0. The second-order valence-corrected chi connectivity index (χ2v) is 20.2. The van der Waals surface area contributed by atoms with Crippen molar-refractivity contribution in [1.29, 1.82) is 0 Å². The number of epoxide rings is 1. The van der Waals surface area contributed by atoms with Crippen LogP contribution in [0.5, 0.6) is 0 Å². The minimum atomic E-state index is -2.22. The lowest BCUT2D eigenvalue weighted by molar-refractivity contribution is 0.117. The van der Waals surface area contributed by atoms with Crippen LogP contribution in [-0.2, 0) is 31.3 Å². The molecule has 32 heavy (non-hydrogen) atoms. The maximum absolute atomic E-state index is 6.23. The average Bonchev–Trinajstić information content (AvgIpc) is 3.50. The Morgan fingerprint density at radius 2 is 1.34 bits per heavy atom. The second kappa shape index (κ2) is 18.7. The fourth-order valence-electron chi connectivity index (χ4n) is 3.30. The van der Waals surface area contributed by atoms with E-state index in [1.54, 1.807) is 21.3 Å². The third-order valence-electron chi connectivity index (χ3n) is 4.44. The fraction of sp³-hybridized carbons (Fsp3) is 1.00. The van der Waals surface area contributed by atoms with Gasteiger partial charge in [0.15, 0.2) is 8.32 Å².